The molecule has 0 amide bonds. The fourth-order valence-corrected chi connectivity index (χ4v) is 21.7. The Hall–Kier alpha value is -2.88. The minimum absolute atomic E-state index is 0. The first kappa shape index (κ1) is 65.4. The molecule has 0 aromatic heterocycles. The molecule has 390 valence electrons. The van der Waals surface area contributed by atoms with Crippen LogP contribution in [-0.4, -0.2) is 41.5 Å². The van der Waals surface area contributed by atoms with Crippen molar-refractivity contribution in [3.05, 3.63) is 215 Å². The van der Waals surface area contributed by atoms with E-state index >= 15 is 0 Å². The van der Waals surface area contributed by atoms with Crippen LogP contribution in [0.15, 0.2) is 215 Å². The Balaban J connectivity index is 0.000000368. The molecule has 1 N–H and O–H groups in total. The Morgan fingerprint density at radius 2 is 0.784 bits per heavy atom. The number of benzene rings is 6. The van der Waals surface area contributed by atoms with Gasteiger partial charge in [0.15, 0.2) is 17.4 Å². The maximum atomic E-state index is 10.7. The SMILES string of the molecule is Br.CC1=C(C=O)C(C)(C)CCC1.CC1=C(CO)C(C)(C)CCC1.CC1=C(CP(Br)(c2ccccc2)(c2ccccc2)c2ccccc2)C(C)(C)CCC1.[AlH3].[H-].[Li+].c1ccc(P(c2ccccc2)c2ccccc2)cc1. The molecule has 0 saturated heterocycles. The van der Waals surface area contributed by atoms with Crippen LogP contribution < -0.4 is 50.7 Å². The van der Waals surface area contributed by atoms with E-state index in [1.165, 1.54) is 93.5 Å². The molecule has 0 bridgehead atoms. The van der Waals surface area contributed by atoms with Gasteiger partial charge in [-0.3, -0.25) is 4.79 Å². The number of aldehydes is 1. The second kappa shape index (κ2) is 29.7. The number of aliphatic hydroxyl groups is 1. The van der Waals surface area contributed by atoms with E-state index in [1.54, 1.807) is 11.1 Å². The number of halogens is 2. The summed E-state index contributed by atoms with van der Waals surface area (Å²) in [7, 11) is -0.446. The third-order valence-corrected chi connectivity index (χ3v) is 27.5. The summed E-state index contributed by atoms with van der Waals surface area (Å²) >= 11 is 4.63. The molecule has 6 aromatic rings. The van der Waals surface area contributed by atoms with Crippen LogP contribution in [0.2, 0.25) is 0 Å². The van der Waals surface area contributed by atoms with E-state index in [0.29, 0.717) is 0 Å². The minimum Gasteiger partial charge on any atom is -1.00 e. The predicted molar refractivity (Wildman–Crippen MR) is 340 cm³/mol. The number of aliphatic hydroxyl groups excluding tert-OH is 1. The first-order chi connectivity index (χ1) is 34.0. The molecular weight excluding hydrogens is 1080 g/mol. The van der Waals surface area contributed by atoms with Crippen molar-refractivity contribution in [3.63, 3.8) is 0 Å². The molecular formula is C66H86AlBr2LiO2P2. The summed E-state index contributed by atoms with van der Waals surface area (Å²) in [4.78, 5) is 10.7. The molecule has 6 aromatic carbocycles. The number of hydrogen-bond donors (Lipinski definition) is 1. The van der Waals surface area contributed by atoms with Crippen molar-refractivity contribution >= 4 is 101 Å². The van der Waals surface area contributed by atoms with Crippen LogP contribution in [0.3, 0.4) is 0 Å². The molecule has 3 aliphatic carbocycles. The number of carbonyl (C=O) groups excluding carboxylic acids is 1. The molecule has 0 spiro atoms. The van der Waals surface area contributed by atoms with E-state index in [2.05, 4.69) is 260 Å². The average molecular weight is 1170 g/mol. The van der Waals surface area contributed by atoms with Crippen LogP contribution in [-0.2, 0) is 4.79 Å². The molecule has 9 rings (SSSR count). The number of carbonyl (C=O) groups is 1. The summed E-state index contributed by atoms with van der Waals surface area (Å²) in [5.41, 5.74) is 8.81. The van der Waals surface area contributed by atoms with E-state index in [1.807, 2.05) is 0 Å². The standard InChI is InChI=1S/C28H32BrP.C18H15P.C10H18O.C10H16O.Al.BrH.Li.4H/c1-23-14-13-21-28(2,3)27(23)22-30(29,24-15-7-4-8-16-24,25-17-9-5-10-18-25)26-19-11-6-12-20-26;1-4-10-16(11-5-1)19(17-12-6-2-7-13-17)18-14-8-3-9-15-18;2*1-8-5-4-6-10(2,3)9(8)7-11;;;;;;;/h4-12,15-20H,13-14,21-22H2,1-3H3;1-15H;11H,4-7H2,1-3H3;7H,4-6H2,1-3H3;;1H;;;;;/q;;;;;;+1;;;;-1. The monoisotopic (exact) mass is 1160 g/mol. The van der Waals surface area contributed by atoms with Crippen molar-refractivity contribution in [2.24, 2.45) is 16.2 Å². The van der Waals surface area contributed by atoms with Gasteiger partial charge in [0.1, 0.15) is 6.29 Å². The molecule has 74 heavy (non-hydrogen) atoms. The Labute approximate surface area is 491 Å². The second-order valence-corrected chi connectivity index (χ2v) is 33.0. The maximum Gasteiger partial charge on any atom is 1.00 e. The Morgan fingerprint density at radius 3 is 1.04 bits per heavy atom. The molecule has 8 heteroatoms. The molecule has 3 aliphatic rings. The smallest absolute Gasteiger partial charge is 1.00 e. The van der Waals surface area contributed by atoms with Gasteiger partial charge in [-0.1, -0.05) is 130 Å². The molecule has 0 aliphatic heterocycles. The molecule has 2 nitrogen and oxygen atoms in total. The molecule has 0 saturated carbocycles. The van der Waals surface area contributed by atoms with Gasteiger partial charge >= 0.3 is 209 Å². The number of allylic oxidation sites excluding steroid dienone is 5. The van der Waals surface area contributed by atoms with Gasteiger partial charge in [-0.05, 0) is 98.2 Å². The number of hydrogen-bond acceptors (Lipinski definition) is 2. The van der Waals surface area contributed by atoms with Crippen molar-refractivity contribution in [1.29, 1.82) is 0 Å². The molecule has 0 fully saturated rings. The fraction of sp³-hybridized carbons (Fsp3) is 0.348. The van der Waals surface area contributed by atoms with Crippen molar-refractivity contribution in [2.75, 3.05) is 12.8 Å². The Bertz CT molecular complexity index is 2540. The number of rotatable bonds is 10. The third kappa shape index (κ3) is 15.9. The van der Waals surface area contributed by atoms with Gasteiger partial charge in [0.25, 0.3) is 0 Å². The zero-order valence-corrected chi connectivity index (χ0v) is 50.8. The van der Waals surface area contributed by atoms with E-state index < -0.39 is 13.2 Å². The van der Waals surface area contributed by atoms with E-state index in [4.69, 9.17) is 5.11 Å². The Morgan fingerprint density at radius 1 is 0.500 bits per heavy atom. The average Bonchev–Trinajstić information content (AvgIpc) is 3.37. The van der Waals surface area contributed by atoms with Crippen LogP contribution >= 0.6 is 45.7 Å². The van der Waals surface area contributed by atoms with Crippen molar-refractivity contribution in [1.82, 2.24) is 0 Å². The first-order valence-electron chi connectivity index (χ1n) is 26.0. The fourth-order valence-electron chi connectivity index (χ4n) is 11.4. The van der Waals surface area contributed by atoms with Crippen molar-refractivity contribution in [2.45, 2.75) is 120 Å². The van der Waals surface area contributed by atoms with Crippen LogP contribution in [0, 0.1) is 16.2 Å². The van der Waals surface area contributed by atoms with Crippen LogP contribution in [0.4, 0.5) is 0 Å². The van der Waals surface area contributed by atoms with Crippen molar-refractivity contribution < 1.29 is 30.2 Å². The van der Waals surface area contributed by atoms with Gasteiger partial charge in [-0.2, -0.15) is 0 Å². The molecule has 0 radical (unpaired) electrons. The zero-order chi connectivity index (χ0) is 51.2. The normalized spacial score (nSPS) is 17.1. The van der Waals surface area contributed by atoms with E-state index in [-0.39, 0.29) is 77.5 Å². The van der Waals surface area contributed by atoms with Crippen LogP contribution in [0.5, 0.6) is 0 Å². The maximum absolute atomic E-state index is 10.7. The van der Waals surface area contributed by atoms with Gasteiger partial charge in [-0.25, -0.2) is 0 Å². The molecule has 0 heterocycles. The summed E-state index contributed by atoms with van der Waals surface area (Å²) < 4.78 is 0. The van der Waals surface area contributed by atoms with Crippen molar-refractivity contribution in [3.8, 4) is 0 Å². The van der Waals surface area contributed by atoms with Crippen LogP contribution in [0.1, 0.15) is 122 Å². The van der Waals surface area contributed by atoms with Gasteiger partial charge in [0.2, 0.25) is 0 Å². The van der Waals surface area contributed by atoms with Gasteiger partial charge in [-0.15, -0.1) is 17.0 Å². The van der Waals surface area contributed by atoms with E-state index in [0.717, 1.165) is 30.9 Å². The van der Waals surface area contributed by atoms with E-state index in [9.17, 15) is 4.79 Å². The van der Waals surface area contributed by atoms with Gasteiger partial charge in [0, 0.05) is 0 Å². The molecule has 0 atom stereocenters. The van der Waals surface area contributed by atoms with Gasteiger partial charge in [0.05, 0.1) is 6.61 Å². The topological polar surface area (TPSA) is 37.3 Å². The second-order valence-electron chi connectivity index (χ2n) is 21.9. The van der Waals surface area contributed by atoms with Gasteiger partial charge < -0.3 is 6.53 Å². The van der Waals surface area contributed by atoms with Crippen LogP contribution in [0.25, 0.3) is 0 Å². The Kier molecular flexibility index (Phi) is 26.3. The molecule has 0 unspecified atom stereocenters. The predicted octanol–water partition coefficient (Wildman–Crippen LogP) is 12.5. The summed E-state index contributed by atoms with van der Waals surface area (Å²) in [5, 5.41) is 14.6. The summed E-state index contributed by atoms with van der Waals surface area (Å²) in [6.45, 7) is 20.5. The minimum atomic E-state index is -2.91. The summed E-state index contributed by atoms with van der Waals surface area (Å²) in [6, 6.07) is 65.8. The third-order valence-electron chi connectivity index (χ3n) is 15.6. The largest absolute Gasteiger partial charge is 1.00 e. The quantitative estimate of drug-likeness (QED) is 0.0642. The summed E-state index contributed by atoms with van der Waals surface area (Å²) in [5.74, 6) is 0. The zero-order valence-electron chi connectivity index (χ0n) is 46.7. The first-order valence-corrected chi connectivity index (χ1v) is 31.7. The summed E-state index contributed by atoms with van der Waals surface area (Å²) in [6.07, 6.45) is 13.0.